The van der Waals surface area contributed by atoms with Gasteiger partial charge in [0.25, 0.3) is 0 Å². The molecule has 0 aliphatic carbocycles. The topological polar surface area (TPSA) is 51.0 Å². The molecule has 126 valence electrons. The number of benzene rings is 1. The molecule has 4 heteroatoms. The average Bonchev–Trinajstić information content (AvgIpc) is 2.97. The van der Waals surface area contributed by atoms with Crippen LogP contribution < -0.4 is 5.32 Å². The molecule has 2 rings (SSSR count). The van der Waals surface area contributed by atoms with E-state index >= 15 is 0 Å². The molecule has 0 saturated heterocycles. The summed E-state index contributed by atoms with van der Waals surface area (Å²) in [6, 6.07) is 9.23. The van der Waals surface area contributed by atoms with E-state index in [0.29, 0.717) is 18.4 Å². The first kappa shape index (κ1) is 17.7. The Labute approximate surface area is 139 Å². The molecule has 0 spiro atoms. The zero-order valence-electron chi connectivity index (χ0n) is 14.8. The van der Waals surface area contributed by atoms with E-state index < -0.39 is 0 Å². The van der Waals surface area contributed by atoms with Crippen molar-refractivity contribution in [3.8, 4) is 0 Å². The second-order valence-electron chi connectivity index (χ2n) is 6.45. The highest BCUT2D eigenvalue weighted by molar-refractivity contribution is 5.25. The number of aryl methyl sites for hydroxylation is 2. The van der Waals surface area contributed by atoms with Crippen LogP contribution in [-0.4, -0.2) is 10.1 Å². The number of aromatic nitrogens is 2. The Kier molecular flexibility index (Phi) is 6.78. The third kappa shape index (κ3) is 5.17. The SMILES string of the molecule is CCCc1ccc(C(NCc2nc(CCC)no2)C(C)C)cc1. The predicted octanol–water partition coefficient (Wildman–Crippen LogP) is 4.46. The second-order valence-corrected chi connectivity index (χ2v) is 6.45. The molecule has 1 N–H and O–H groups in total. The summed E-state index contributed by atoms with van der Waals surface area (Å²) in [5, 5.41) is 7.57. The van der Waals surface area contributed by atoms with Crippen LogP contribution in [0, 0.1) is 5.92 Å². The maximum atomic E-state index is 5.31. The maximum absolute atomic E-state index is 5.31. The Hall–Kier alpha value is -1.68. The van der Waals surface area contributed by atoms with Gasteiger partial charge in [-0.05, 0) is 29.9 Å². The molecule has 0 saturated carbocycles. The summed E-state index contributed by atoms with van der Waals surface area (Å²) in [6.45, 7) is 9.40. The molecule has 0 radical (unpaired) electrons. The van der Waals surface area contributed by atoms with Gasteiger partial charge >= 0.3 is 0 Å². The molecular formula is C19H29N3O. The first-order valence-electron chi connectivity index (χ1n) is 8.77. The molecule has 0 bridgehead atoms. The van der Waals surface area contributed by atoms with Gasteiger partial charge in [-0.2, -0.15) is 4.98 Å². The summed E-state index contributed by atoms with van der Waals surface area (Å²) in [4.78, 5) is 4.42. The van der Waals surface area contributed by atoms with Gasteiger partial charge in [0.15, 0.2) is 5.82 Å². The monoisotopic (exact) mass is 315 g/mol. The van der Waals surface area contributed by atoms with Crippen molar-refractivity contribution in [2.24, 2.45) is 5.92 Å². The zero-order valence-corrected chi connectivity index (χ0v) is 14.8. The van der Waals surface area contributed by atoms with Gasteiger partial charge in [-0.25, -0.2) is 0 Å². The van der Waals surface area contributed by atoms with E-state index in [1.165, 1.54) is 17.5 Å². The molecular weight excluding hydrogens is 286 g/mol. The van der Waals surface area contributed by atoms with E-state index in [1.807, 2.05) is 0 Å². The molecule has 0 aliphatic heterocycles. The normalized spacial score (nSPS) is 12.7. The number of nitrogens with zero attached hydrogens (tertiary/aromatic N) is 2. The number of hydrogen-bond donors (Lipinski definition) is 1. The van der Waals surface area contributed by atoms with Gasteiger partial charge in [0.2, 0.25) is 5.89 Å². The minimum Gasteiger partial charge on any atom is -0.338 e. The van der Waals surface area contributed by atoms with Gasteiger partial charge in [-0.3, -0.25) is 0 Å². The van der Waals surface area contributed by atoms with Crippen molar-refractivity contribution in [3.05, 3.63) is 47.1 Å². The molecule has 0 fully saturated rings. The fraction of sp³-hybridized carbons (Fsp3) is 0.579. The minimum absolute atomic E-state index is 0.284. The third-order valence-corrected chi connectivity index (χ3v) is 4.00. The first-order valence-corrected chi connectivity index (χ1v) is 8.77. The molecule has 1 aromatic heterocycles. The van der Waals surface area contributed by atoms with Crippen LogP contribution in [0.3, 0.4) is 0 Å². The van der Waals surface area contributed by atoms with E-state index in [4.69, 9.17) is 4.52 Å². The van der Waals surface area contributed by atoms with Crippen LogP contribution in [-0.2, 0) is 19.4 Å². The highest BCUT2D eigenvalue weighted by Crippen LogP contribution is 2.23. The van der Waals surface area contributed by atoms with Gasteiger partial charge < -0.3 is 9.84 Å². The summed E-state index contributed by atoms with van der Waals surface area (Å²) in [6.07, 6.45) is 4.23. The lowest BCUT2D eigenvalue weighted by molar-refractivity contribution is 0.335. The summed E-state index contributed by atoms with van der Waals surface area (Å²) in [5.74, 6) is 1.96. The van der Waals surface area contributed by atoms with Gasteiger partial charge in [0.05, 0.1) is 6.54 Å². The van der Waals surface area contributed by atoms with Crippen molar-refractivity contribution in [1.82, 2.24) is 15.5 Å². The largest absolute Gasteiger partial charge is 0.338 e. The third-order valence-electron chi connectivity index (χ3n) is 4.00. The smallest absolute Gasteiger partial charge is 0.240 e. The van der Waals surface area contributed by atoms with Crippen molar-refractivity contribution in [3.63, 3.8) is 0 Å². The lowest BCUT2D eigenvalue weighted by Gasteiger charge is -2.22. The lowest BCUT2D eigenvalue weighted by Crippen LogP contribution is -2.25. The molecule has 1 atom stereocenters. The fourth-order valence-corrected chi connectivity index (χ4v) is 2.80. The van der Waals surface area contributed by atoms with E-state index in [1.54, 1.807) is 0 Å². The van der Waals surface area contributed by atoms with Crippen LogP contribution in [0.2, 0.25) is 0 Å². The zero-order chi connectivity index (χ0) is 16.7. The highest BCUT2D eigenvalue weighted by atomic mass is 16.5. The fourth-order valence-electron chi connectivity index (χ4n) is 2.80. The van der Waals surface area contributed by atoms with Crippen LogP contribution in [0.5, 0.6) is 0 Å². The van der Waals surface area contributed by atoms with Crippen molar-refractivity contribution in [1.29, 1.82) is 0 Å². The maximum Gasteiger partial charge on any atom is 0.240 e. The Balaban J connectivity index is 2.00. The van der Waals surface area contributed by atoms with Crippen LogP contribution in [0.15, 0.2) is 28.8 Å². The lowest BCUT2D eigenvalue weighted by atomic mass is 9.94. The first-order chi connectivity index (χ1) is 11.1. The predicted molar refractivity (Wildman–Crippen MR) is 93.1 cm³/mol. The average molecular weight is 315 g/mol. The quantitative estimate of drug-likeness (QED) is 0.742. The minimum atomic E-state index is 0.284. The van der Waals surface area contributed by atoms with Crippen LogP contribution in [0.1, 0.15) is 69.4 Å². The van der Waals surface area contributed by atoms with E-state index in [0.717, 1.165) is 25.1 Å². The Morgan fingerprint density at radius 2 is 1.74 bits per heavy atom. The van der Waals surface area contributed by atoms with Crippen molar-refractivity contribution < 1.29 is 4.52 Å². The summed E-state index contributed by atoms with van der Waals surface area (Å²) < 4.78 is 5.31. The number of rotatable bonds is 9. The molecule has 23 heavy (non-hydrogen) atoms. The van der Waals surface area contributed by atoms with Gasteiger partial charge in [0.1, 0.15) is 0 Å². The summed E-state index contributed by atoms with van der Waals surface area (Å²) in [5.41, 5.74) is 2.72. The molecule has 1 unspecified atom stereocenters. The second kappa shape index (κ2) is 8.82. The van der Waals surface area contributed by atoms with Gasteiger partial charge in [-0.1, -0.05) is 63.5 Å². The molecule has 1 aromatic carbocycles. The van der Waals surface area contributed by atoms with E-state index in [9.17, 15) is 0 Å². The molecule has 0 amide bonds. The standard InChI is InChI=1S/C19H29N3O/c1-5-7-15-9-11-16(12-10-15)19(14(3)4)20-13-18-21-17(8-6-2)22-23-18/h9-12,14,19-20H,5-8,13H2,1-4H3. The highest BCUT2D eigenvalue weighted by Gasteiger charge is 2.16. The molecule has 1 heterocycles. The van der Waals surface area contributed by atoms with Crippen LogP contribution >= 0.6 is 0 Å². The van der Waals surface area contributed by atoms with E-state index in [-0.39, 0.29) is 6.04 Å². The Morgan fingerprint density at radius 3 is 2.35 bits per heavy atom. The Morgan fingerprint density at radius 1 is 1.04 bits per heavy atom. The summed E-state index contributed by atoms with van der Waals surface area (Å²) >= 11 is 0. The Bertz CT molecular complexity index is 575. The number of nitrogens with one attached hydrogen (secondary N) is 1. The van der Waals surface area contributed by atoms with Crippen molar-refractivity contribution in [2.75, 3.05) is 0 Å². The number of hydrogen-bond acceptors (Lipinski definition) is 4. The van der Waals surface area contributed by atoms with Gasteiger partial charge in [-0.15, -0.1) is 0 Å². The summed E-state index contributed by atoms with van der Waals surface area (Å²) in [7, 11) is 0. The molecule has 2 aromatic rings. The van der Waals surface area contributed by atoms with Crippen LogP contribution in [0.25, 0.3) is 0 Å². The van der Waals surface area contributed by atoms with Crippen molar-refractivity contribution in [2.45, 2.75) is 66.0 Å². The molecule has 0 aliphatic rings. The van der Waals surface area contributed by atoms with Crippen LogP contribution in [0.4, 0.5) is 0 Å². The van der Waals surface area contributed by atoms with E-state index in [2.05, 4.69) is 67.4 Å². The van der Waals surface area contributed by atoms with Crippen molar-refractivity contribution >= 4 is 0 Å². The molecule has 4 nitrogen and oxygen atoms in total. The van der Waals surface area contributed by atoms with Gasteiger partial charge in [0, 0.05) is 12.5 Å².